The van der Waals surface area contributed by atoms with Gasteiger partial charge in [-0.25, -0.2) is 14.4 Å². The fourth-order valence-corrected chi connectivity index (χ4v) is 2.70. The van der Waals surface area contributed by atoms with Crippen molar-refractivity contribution in [3.63, 3.8) is 0 Å². The van der Waals surface area contributed by atoms with Gasteiger partial charge in [0.25, 0.3) is 0 Å². The third-order valence-corrected chi connectivity index (χ3v) is 3.87. The first-order valence-electron chi connectivity index (χ1n) is 7.95. The number of aliphatic carboxylic acids is 2. The van der Waals surface area contributed by atoms with Crippen molar-refractivity contribution < 1.29 is 43.5 Å². The first-order valence-corrected chi connectivity index (χ1v) is 7.95. The molecule has 9 nitrogen and oxygen atoms in total. The van der Waals surface area contributed by atoms with E-state index in [0.29, 0.717) is 18.4 Å². The normalized spacial score (nSPS) is 28.4. The molecule has 2 fully saturated rings. The van der Waals surface area contributed by atoms with Gasteiger partial charge in [0.2, 0.25) is 0 Å². The highest BCUT2D eigenvalue weighted by atomic mass is 16.6. The lowest BCUT2D eigenvalue weighted by Gasteiger charge is -2.18. The summed E-state index contributed by atoms with van der Waals surface area (Å²) in [6.07, 6.45) is 4.41. The molecule has 2 N–H and O–H groups in total. The molecule has 0 spiro atoms. The predicted molar refractivity (Wildman–Crippen MR) is 86.1 cm³/mol. The van der Waals surface area contributed by atoms with Crippen LogP contribution in [-0.4, -0.2) is 66.3 Å². The second kappa shape index (κ2) is 9.16. The van der Waals surface area contributed by atoms with E-state index in [-0.39, 0.29) is 31.3 Å². The fraction of sp³-hybridized carbons (Fsp3) is 0.471. The van der Waals surface area contributed by atoms with Gasteiger partial charge in [-0.3, -0.25) is 0 Å². The van der Waals surface area contributed by atoms with Crippen molar-refractivity contribution in [2.75, 3.05) is 19.8 Å². The first-order chi connectivity index (χ1) is 12.4. The van der Waals surface area contributed by atoms with E-state index in [9.17, 15) is 14.4 Å². The molecular formula is C17H20O9. The maximum Gasteiger partial charge on any atom is 0.331 e. The Bertz CT molecular complexity index is 634. The Morgan fingerprint density at radius 1 is 1.00 bits per heavy atom. The molecule has 0 aliphatic carbocycles. The summed E-state index contributed by atoms with van der Waals surface area (Å²) in [4.78, 5) is 32.4. The van der Waals surface area contributed by atoms with Crippen LogP contribution in [0, 0.1) is 5.92 Å². The predicted octanol–water partition coefficient (Wildman–Crippen LogP) is 0.514. The molecule has 0 saturated carbocycles. The number of hydrogen-bond acceptors (Lipinski definition) is 7. The number of allylic oxidation sites excluding steroid dienone is 2. The van der Waals surface area contributed by atoms with Crippen LogP contribution in [0.5, 0.6) is 0 Å². The van der Waals surface area contributed by atoms with E-state index in [2.05, 4.69) is 0 Å². The van der Waals surface area contributed by atoms with Crippen molar-refractivity contribution in [2.45, 2.75) is 25.2 Å². The zero-order chi connectivity index (χ0) is 19.1. The monoisotopic (exact) mass is 368 g/mol. The Balaban J connectivity index is 1.85. The quantitative estimate of drug-likeness (QED) is 0.272. The van der Waals surface area contributed by atoms with Crippen LogP contribution in [-0.2, 0) is 33.3 Å². The van der Waals surface area contributed by atoms with E-state index >= 15 is 0 Å². The van der Waals surface area contributed by atoms with Crippen molar-refractivity contribution in [3.8, 4) is 0 Å². The van der Waals surface area contributed by atoms with E-state index in [4.69, 9.17) is 29.2 Å². The van der Waals surface area contributed by atoms with E-state index in [0.717, 1.165) is 12.2 Å². The molecule has 0 aromatic rings. The Labute approximate surface area is 149 Å². The number of carboxylic acid groups (broad SMARTS) is 2. The van der Waals surface area contributed by atoms with Crippen LogP contribution >= 0.6 is 0 Å². The second-order valence-electron chi connectivity index (χ2n) is 5.68. The van der Waals surface area contributed by atoms with E-state index in [1.807, 2.05) is 0 Å². The van der Waals surface area contributed by atoms with Gasteiger partial charge in [0.15, 0.2) is 6.10 Å². The van der Waals surface area contributed by atoms with Gasteiger partial charge >= 0.3 is 17.9 Å². The highest BCUT2D eigenvalue weighted by Crippen LogP contribution is 2.33. The third-order valence-electron chi connectivity index (χ3n) is 3.87. The molecule has 0 amide bonds. The highest BCUT2D eigenvalue weighted by molar-refractivity contribution is 5.90. The molecule has 0 aromatic carbocycles. The average molecular weight is 368 g/mol. The largest absolute Gasteiger partial charge is 0.486 e. The summed E-state index contributed by atoms with van der Waals surface area (Å²) in [5.41, 5.74) is 0. The number of rotatable bonds is 8. The molecule has 0 aromatic heterocycles. The maximum absolute atomic E-state index is 11.4. The number of carboxylic acids is 2. The van der Waals surface area contributed by atoms with Crippen LogP contribution in [0.15, 0.2) is 36.1 Å². The number of carbonyl (C=O) groups excluding carboxylic acids is 1. The van der Waals surface area contributed by atoms with Crippen LogP contribution in [0.2, 0.25) is 0 Å². The molecule has 26 heavy (non-hydrogen) atoms. The van der Waals surface area contributed by atoms with Gasteiger partial charge in [-0.15, -0.1) is 0 Å². The molecule has 0 radical (unpaired) electrons. The Kier molecular flexibility index (Phi) is 6.93. The Morgan fingerprint density at radius 3 is 2.31 bits per heavy atom. The van der Waals surface area contributed by atoms with Gasteiger partial charge in [0.1, 0.15) is 11.9 Å². The number of fused-ring (bicyclic) bond motifs is 1. The van der Waals surface area contributed by atoms with Crippen LogP contribution < -0.4 is 0 Å². The summed E-state index contributed by atoms with van der Waals surface area (Å²) in [5.74, 6) is -2.87. The smallest absolute Gasteiger partial charge is 0.331 e. The minimum absolute atomic E-state index is 0.0338. The van der Waals surface area contributed by atoms with E-state index in [1.54, 1.807) is 13.0 Å². The van der Waals surface area contributed by atoms with Crippen molar-refractivity contribution in [1.82, 2.24) is 0 Å². The first kappa shape index (κ1) is 19.7. The van der Waals surface area contributed by atoms with Gasteiger partial charge in [0.05, 0.1) is 25.9 Å². The molecule has 142 valence electrons. The molecule has 4 unspecified atom stereocenters. The van der Waals surface area contributed by atoms with Crippen molar-refractivity contribution in [3.05, 3.63) is 36.1 Å². The molecule has 9 heteroatoms. The Hall–Kier alpha value is -2.65. The lowest BCUT2D eigenvalue weighted by atomic mass is 10.0. The molecule has 2 aliphatic rings. The summed E-state index contributed by atoms with van der Waals surface area (Å²) in [7, 11) is 0. The number of esters is 1. The van der Waals surface area contributed by atoms with Gasteiger partial charge in [-0.2, -0.15) is 0 Å². The van der Waals surface area contributed by atoms with Crippen LogP contribution in [0.3, 0.4) is 0 Å². The summed E-state index contributed by atoms with van der Waals surface area (Å²) >= 11 is 0. The molecule has 0 bridgehead atoms. The lowest BCUT2D eigenvalue weighted by Crippen LogP contribution is -2.32. The van der Waals surface area contributed by atoms with Crippen LogP contribution in [0.4, 0.5) is 0 Å². The zero-order valence-corrected chi connectivity index (χ0v) is 14.1. The molecule has 4 atom stereocenters. The van der Waals surface area contributed by atoms with Crippen LogP contribution in [0.1, 0.15) is 6.92 Å². The molecule has 2 saturated heterocycles. The average Bonchev–Trinajstić information content (AvgIpc) is 3.17. The molecule has 2 rings (SSSR count). The lowest BCUT2D eigenvalue weighted by molar-refractivity contribution is -0.140. The summed E-state index contributed by atoms with van der Waals surface area (Å²) < 4.78 is 22.1. The fourth-order valence-electron chi connectivity index (χ4n) is 2.70. The van der Waals surface area contributed by atoms with Gasteiger partial charge in [0, 0.05) is 24.1 Å². The molecule has 2 aliphatic heterocycles. The highest BCUT2D eigenvalue weighted by Gasteiger charge is 2.49. The third kappa shape index (κ3) is 5.43. The summed E-state index contributed by atoms with van der Waals surface area (Å²) in [5, 5.41) is 17.1. The second-order valence-corrected chi connectivity index (χ2v) is 5.68. The minimum Gasteiger partial charge on any atom is -0.486 e. The van der Waals surface area contributed by atoms with Crippen molar-refractivity contribution in [2.24, 2.45) is 5.92 Å². The standard InChI is InChI=1S/C17H20O9/c1-2-11(3-4-13(18)19)26-12-9-25-16-10(8-24-17(12)16)7-23-15(22)6-5-14(20)21/h2-6,10,12,16-17H,7-9H2,1H3,(H,18,19)(H,20,21)/b4-3-,6-5-,11-2-. The number of carbonyl (C=O) groups is 3. The molecular weight excluding hydrogens is 348 g/mol. The number of ether oxygens (including phenoxy) is 4. The zero-order valence-electron chi connectivity index (χ0n) is 14.1. The topological polar surface area (TPSA) is 129 Å². The van der Waals surface area contributed by atoms with E-state index in [1.165, 1.54) is 6.08 Å². The number of hydrogen-bond donors (Lipinski definition) is 2. The van der Waals surface area contributed by atoms with Crippen molar-refractivity contribution >= 4 is 17.9 Å². The summed E-state index contributed by atoms with van der Waals surface area (Å²) in [6.45, 7) is 2.32. The van der Waals surface area contributed by atoms with Gasteiger partial charge < -0.3 is 29.2 Å². The van der Waals surface area contributed by atoms with Crippen molar-refractivity contribution in [1.29, 1.82) is 0 Å². The minimum atomic E-state index is -1.23. The van der Waals surface area contributed by atoms with Gasteiger partial charge in [-0.05, 0) is 19.1 Å². The Morgan fingerprint density at radius 2 is 1.65 bits per heavy atom. The van der Waals surface area contributed by atoms with Crippen LogP contribution in [0.25, 0.3) is 0 Å². The molecule has 2 heterocycles. The summed E-state index contributed by atoms with van der Waals surface area (Å²) in [6, 6.07) is 0. The van der Waals surface area contributed by atoms with Gasteiger partial charge in [-0.1, -0.05) is 0 Å². The maximum atomic E-state index is 11.4. The van der Waals surface area contributed by atoms with E-state index < -0.39 is 24.0 Å². The SMILES string of the molecule is C/C=C(/C=C\C(=O)O)OC1COC2C(COC(=O)/C=C\C(=O)O)COC12.